The normalized spacial score (nSPS) is 15.1. The molecule has 0 N–H and O–H groups in total. The molecular weight excluding hydrogens is 338 g/mol. The van der Waals surface area contributed by atoms with Gasteiger partial charge in [-0.25, -0.2) is 14.6 Å². The first-order valence-electron chi connectivity index (χ1n) is 7.09. The summed E-state index contributed by atoms with van der Waals surface area (Å²) < 4.78 is 20.2. The Labute approximate surface area is 143 Å². The minimum absolute atomic E-state index is 0.158. The Morgan fingerprint density at radius 3 is 2.75 bits per heavy atom. The molecule has 1 heterocycles. The molecule has 0 aliphatic carbocycles. The van der Waals surface area contributed by atoms with Gasteiger partial charge in [-0.3, -0.25) is 0 Å². The zero-order valence-corrected chi connectivity index (χ0v) is 14.2. The van der Waals surface area contributed by atoms with Crippen molar-refractivity contribution in [2.24, 2.45) is 4.99 Å². The number of esters is 2. The maximum absolute atomic E-state index is 11.6. The van der Waals surface area contributed by atoms with Gasteiger partial charge in [-0.2, -0.15) is 0 Å². The fourth-order valence-electron chi connectivity index (χ4n) is 1.97. The Bertz CT molecular complexity index is 726. The molecule has 2 rings (SSSR count). The molecule has 0 bridgehead atoms. The Morgan fingerprint density at radius 2 is 2.17 bits per heavy atom. The number of nitrogens with zero attached hydrogens (tertiary/aromatic N) is 1. The fraction of sp³-hybridized carbons (Fsp3) is 0.312. The average molecular weight is 354 g/mol. The predicted octanol–water partition coefficient (Wildman–Crippen LogP) is 2.61. The van der Waals surface area contributed by atoms with Gasteiger partial charge in [-0.05, 0) is 30.7 Å². The van der Waals surface area contributed by atoms with Gasteiger partial charge >= 0.3 is 11.9 Å². The number of ether oxygens (including phenoxy) is 4. The third-order valence-corrected chi connectivity index (χ3v) is 3.20. The highest BCUT2D eigenvalue weighted by atomic mass is 35.5. The van der Waals surface area contributed by atoms with Crippen molar-refractivity contribution in [3.8, 4) is 11.5 Å². The van der Waals surface area contributed by atoms with Crippen LogP contribution >= 0.6 is 11.6 Å². The first-order valence-corrected chi connectivity index (χ1v) is 7.47. The molecule has 1 aromatic rings. The maximum Gasteiger partial charge on any atom is 0.363 e. The highest BCUT2D eigenvalue weighted by molar-refractivity contribution is 6.32. The molecule has 1 aromatic carbocycles. The predicted molar refractivity (Wildman–Crippen MR) is 87.3 cm³/mol. The lowest BCUT2D eigenvalue weighted by Crippen LogP contribution is -2.15. The van der Waals surface area contributed by atoms with Crippen LogP contribution in [0.2, 0.25) is 5.02 Å². The maximum atomic E-state index is 11.6. The molecule has 0 amide bonds. The van der Waals surface area contributed by atoms with Crippen molar-refractivity contribution in [1.29, 1.82) is 0 Å². The third kappa shape index (κ3) is 4.26. The highest BCUT2D eigenvalue weighted by Gasteiger charge is 2.20. The molecule has 128 valence electrons. The van der Waals surface area contributed by atoms with Crippen molar-refractivity contribution in [3.63, 3.8) is 0 Å². The van der Waals surface area contributed by atoms with Crippen LogP contribution < -0.4 is 9.47 Å². The number of benzene rings is 1. The first-order chi connectivity index (χ1) is 11.4. The zero-order chi connectivity index (χ0) is 17.7. The molecular formula is C16H16ClNO6. The molecule has 0 saturated carbocycles. The van der Waals surface area contributed by atoms with Crippen LogP contribution in [0.4, 0.5) is 0 Å². The Kier molecular flexibility index (Phi) is 5.81. The standard InChI is InChI=1S/C16H16ClNO6/c1-4-22-14(19)8-23-15-11(17)5-10(7-13(15)21-3)6-12-16(20)24-9(2)18-12/h5-7H,4,8H2,1-3H3/b12-6-. The van der Waals surface area contributed by atoms with Gasteiger partial charge in [0.15, 0.2) is 29.7 Å². The summed E-state index contributed by atoms with van der Waals surface area (Å²) in [7, 11) is 1.44. The summed E-state index contributed by atoms with van der Waals surface area (Å²) in [6.07, 6.45) is 1.52. The summed E-state index contributed by atoms with van der Waals surface area (Å²) in [4.78, 5) is 27.0. The molecule has 0 fully saturated rings. The smallest absolute Gasteiger partial charge is 0.363 e. The summed E-state index contributed by atoms with van der Waals surface area (Å²) in [6, 6.07) is 3.17. The van der Waals surface area contributed by atoms with Crippen molar-refractivity contribution in [3.05, 3.63) is 28.4 Å². The number of methoxy groups -OCH3 is 1. The van der Waals surface area contributed by atoms with E-state index in [1.165, 1.54) is 13.2 Å². The van der Waals surface area contributed by atoms with Gasteiger partial charge in [0.1, 0.15) is 0 Å². The molecule has 0 saturated heterocycles. The Hall–Kier alpha value is -2.54. The summed E-state index contributed by atoms with van der Waals surface area (Å²) in [5.74, 6) is -0.252. The number of halogens is 1. The number of carbonyl (C=O) groups excluding carboxylic acids is 2. The zero-order valence-electron chi connectivity index (χ0n) is 13.4. The van der Waals surface area contributed by atoms with E-state index >= 15 is 0 Å². The van der Waals surface area contributed by atoms with Gasteiger partial charge in [0.2, 0.25) is 0 Å². The van der Waals surface area contributed by atoms with Crippen LogP contribution in [0, 0.1) is 0 Å². The van der Waals surface area contributed by atoms with Gasteiger partial charge in [0, 0.05) is 6.92 Å². The number of aliphatic imine (C=N–C) groups is 1. The Balaban J connectivity index is 2.25. The molecule has 24 heavy (non-hydrogen) atoms. The van der Waals surface area contributed by atoms with Crippen molar-refractivity contribution < 1.29 is 28.5 Å². The monoisotopic (exact) mass is 353 g/mol. The van der Waals surface area contributed by atoms with Gasteiger partial charge in [-0.15, -0.1) is 0 Å². The van der Waals surface area contributed by atoms with E-state index in [1.807, 2.05) is 0 Å². The average Bonchev–Trinajstić information content (AvgIpc) is 2.83. The number of carbonyl (C=O) groups is 2. The number of hydrogen-bond acceptors (Lipinski definition) is 7. The van der Waals surface area contributed by atoms with E-state index < -0.39 is 11.9 Å². The minimum Gasteiger partial charge on any atom is -0.493 e. The lowest BCUT2D eigenvalue weighted by Gasteiger charge is -2.13. The molecule has 0 spiro atoms. The number of rotatable bonds is 6. The number of cyclic esters (lactones) is 1. The SMILES string of the molecule is CCOC(=O)COc1c(Cl)cc(/C=C2\N=C(C)OC2=O)cc1OC. The van der Waals surface area contributed by atoms with Crippen LogP contribution in [0.25, 0.3) is 6.08 Å². The lowest BCUT2D eigenvalue weighted by atomic mass is 10.1. The minimum atomic E-state index is -0.537. The Morgan fingerprint density at radius 1 is 1.42 bits per heavy atom. The van der Waals surface area contributed by atoms with Crippen LogP contribution in [0.15, 0.2) is 22.8 Å². The van der Waals surface area contributed by atoms with Crippen LogP contribution in [0.5, 0.6) is 11.5 Å². The van der Waals surface area contributed by atoms with Crippen molar-refractivity contribution in [2.45, 2.75) is 13.8 Å². The van der Waals surface area contributed by atoms with Crippen LogP contribution in [0.3, 0.4) is 0 Å². The van der Waals surface area contributed by atoms with Gasteiger partial charge in [0.25, 0.3) is 0 Å². The van der Waals surface area contributed by atoms with Crippen molar-refractivity contribution in [2.75, 3.05) is 20.3 Å². The van der Waals surface area contributed by atoms with E-state index in [9.17, 15) is 9.59 Å². The first kappa shape index (κ1) is 17.8. The van der Waals surface area contributed by atoms with E-state index in [1.54, 1.807) is 26.0 Å². The lowest BCUT2D eigenvalue weighted by molar-refractivity contribution is -0.145. The van der Waals surface area contributed by atoms with Gasteiger partial charge < -0.3 is 18.9 Å². The van der Waals surface area contributed by atoms with Crippen molar-refractivity contribution >= 4 is 35.5 Å². The highest BCUT2D eigenvalue weighted by Crippen LogP contribution is 2.37. The summed E-state index contributed by atoms with van der Waals surface area (Å²) in [5, 5.41) is 0.220. The van der Waals surface area contributed by atoms with Crippen LogP contribution in [0.1, 0.15) is 19.4 Å². The van der Waals surface area contributed by atoms with E-state index in [0.29, 0.717) is 11.3 Å². The molecule has 0 unspecified atom stereocenters. The second kappa shape index (κ2) is 7.83. The molecule has 0 radical (unpaired) electrons. The van der Waals surface area contributed by atoms with Crippen LogP contribution in [-0.2, 0) is 19.1 Å². The molecule has 0 atom stereocenters. The largest absolute Gasteiger partial charge is 0.493 e. The molecule has 7 nitrogen and oxygen atoms in total. The second-order valence-corrected chi connectivity index (χ2v) is 5.08. The molecule has 1 aliphatic rings. The summed E-state index contributed by atoms with van der Waals surface area (Å²) in [6.45, 7) is 3.25. The quantitative estimate of drug-likeness (QED) is 0.577. The van der Waals surface area contributed by atoms with E-state index in [2.05, 4.69) is 4.99 Å². The van der Waals surface area contributed by atoms with E-state index in [0.717, 1.165) is 0 Å². The third-order valence-electron chi connectivity index (χ3n) is 2.92. The molecule has 1 aliphatic heterocycles. The van der Waals surface area contributed by atoms with Crippen LogP contribution in [-0.4, -0.2) is 38.2 Å². The van der Waals surface area contributed by atoms with Gasteiger partial charge in [-0.1, -0.05) is 11.6 Å². The summed E-state index contributed by atoms with van der Waals surface area (Å²) >= 11 is 6.19. The summed E-state index contributed by atoms with van der Waals surface area (Å²) in [5.41, 5.74) is 0.733. The second-order valence-electron chi connectivity index (χ2n) is 4.68. The van der Waals surface area contributed by atoms with Crippen molar-refractivity contribution in [1.82, 2.24) is 0 Å². The molecule has 0 aromatic heterocycles. The van der Waals surface area contributed by atoms with E-state index in [4.69, 9.17) is 30.5 Å². The topological polar surface area (TPSA) is 83.4 Å². The van der Waals surface area contributed by atoms with E-state index in [-0.39, 0.29) is 35.6 Å². The van der Waals surface area contributed by atoms with Gasteiger partial charge in [0.05, 0.1) is 18.7 Å². The molecule has 8 heteroatoms. The number of hydrogen-bond donors (Lipinski definition) is 0. The fourth-order valence-corrected chi connectivity index (χ4v) is 2.24.